The summed E-state index contributed by atoms with van der Waals surface area (Å²) in [6, 6.07) is 6.27. The van der Waals surface area contributed by atoms with Gasteiger partial charge in [-0.15, -0.1) is 11.8 Å². The average molecular weight is 252 g/mol. The van der Waals surface area contributed by atoms with Crippen molar-refractivity contribution in [3.05, 3.63) is 29.3 Å². The molecule has 1 rings (SSSR count). The maximum Gasteiger partial charge on any atom is 0.319 e. The first-order chi connectivity index (χ1) is 7.95. The molecule has 1 atom stereocenters. The average Bonchev–Trinajstić information content (AvgIpc) is 2.29. The third kappa shape index (κ3) is 3.77. The van der Waals surface area contributed by atoms with Gasteiger partial charge in [-0.25, -0.2) is 0 Å². The van der Waals surface area contributed by atoms with E-state index in [1.807, 2.05) is 13.8 Å². The van der Waals surface area contributed by atoms with Gasteiger partial charge in [0, 0.05) is 4.90 Å². The molecule has 0 bridgehead atoms. The quantitative estimate of drug-likeness (QED) is 0.605. The van der Waals surface area contributed by atoms with Crippen LogP contribution in [0.5, 0.6) is 0 Å². The lowest BCUT2D eigenvalue weighted by molar-refractivity contribution is -0.140. The molecule has 0 fully saturated rings. The second-order valence-electron chi connectivity index (χ2n) is 4.55. The van der Waals surface area contributed by atoms with Gasteiger partial charge in [-0.2, -0.15) is 0 Å². The van der Waals surface area contributed by atoms with Crippen molar-refractivity contribution in [1.82, 2.24) is 0 Å². The summed E-state index contributed by atoms with van der Waals surface area (Å²) in [4.78, 5) is 12.8. The smallest absolute Gasteiger partial charge is 0.319 e. The molecular weight excluding hydrogens is 232 g/mol. The van der Waals surface area contributed by atoms with Crippen LogP contribution in [0.15, 0.2) is 23.1 Å². The highest BCUT2D eigenvalue weighted by atomic mass is 32.2. The van der Waals surface area contributed by atoms with Crippen LogP contribution in [-0.4, -0.2) is 18.3 Å². The van der Waals surface area contributed by atoms with Crippen molar-refractivity contribution < 1.29 is 9.53 Å². The summed E-state index contributed by atoms with van der Waals surface area (Å²) in [5.74, 6) is 0.109. The number of ether oxygens (including phenoxy) is 1. The summed E-state index contributed by atoms with van der Waals surface area (Å²) in [6.45, 7) is 8.25. The summed E-state index contributed by atoms with van der Waals surface area (Å²) < 4.78 is 4.84. The van der Waals surface area contributed by atoms with Crippen LogP contribution in [0, 0.1) is 19.8 Å². The molecule has 0 heterocycles. The Labute approximate surface area is 108 Å². The predicted octanol–water partition coefficient (Wildman–Crippen LogP) is 3.59. The van der Waals surface area contributed by atoms with Crippen LogP contribution in [0.3, 0.4) is 0 Å². The minimum Gasteiger partial charge on any atom is -0.468 e. The first-order valence-corrected chi connectivity index (χ1v) is 6.65. The SMILES string of the molecule is COC(=O)C(Sc1ccc(C)c(C)c1)C(C)C. The molecule has 0 spiro atoms. The van der Waals surface area contributed by atoms with E-state index in [1.165, 1.54) is 18.2 Å². The predicted molar refractivity (Wildman–Crippen MR) is 72.4 cm³/mol. The van der Waals surface area contributed by atoms with Crippen molar-refractivity contribution in [3.8, 4) is 0 Å². The minimum atomic E-state index is -0.150. The minimum absolute atomic E-state index is 0.137. The molecule has 0 saturated heterocycles. The fourth-order valence-corrected chi connectivity index (χ4v) is 2.66. The van der Waals surface area contributed by atoms with Crippen LogP contribution in [0.1, 0.15) is 25.0 Å². The molecule has 1 unspecified atom stereocenters. The fourth-order valence-electron chi connectivity index (χ4n) is 1.51. The van der Waals surface area contributed by atoms with Crippen LogP contribution in [-0.2, 0) is 9.53 Å². The lowest BCUT2D eigenvalue weighted by atomic mass is 10.1. The van der Waals surface area contributed by atoms with Crippen LogP contribution in [0.2, 0.25) is 0 Å². The molecule has 1 aromatic carbocycles. The Morgan fingerprint density at radius 1 is 1.24 bits per heavy atom. The maximum absolute atomic E-state index is 11.7. The van der Waals surface area contributed by atoms with Crippen molar-refractivity contribution >= 4 is 17.7 Å². The molecule has 17 heavy (non-hydrogen) atoms. The van der Waals surface area contributed by atoms with Gasteiger partial charge >= 0.3 is 5.97 Å². The Morgan fingerprint density at radius 2 is 1.88 bits per heavy atom. The first kappa shape index (κ1) is 14.1. The number of rotatable bonds is 4. The van der Waals surface area contributed by atoms with Gasteiger partial charge < -0.3 is 4.74 Å². The third-order valence-electron chi connectivity index (χ3n) is 2.78. The highest BCUT2D eigenvalue weighted by Crippen LogP contribution is 2.30. The first-order valence-electron chi connectivity index (χ1n) is 5.77. The number of hydrogen-bond donors (Lipinski definition) is 0. The maximum atomic E-state index is 11.7. The van der Waals surface area contributed by atoms with Gasteiger partial charge in [0.05, 0.1) is 7.11 Å². The molecule has 0 aliphatic rings. The molecule has 0 amide bonds. The Balaban J connectivity index is 2.86. The van der Waals surface area contributed by atoms with E-state index in [1.54, 1.807) is 11.8 Å². The van der Waals surface area contributed by atoms with E-state index in [-0.39, 0.29) is 17.1 Å². The fraction of sp³-hybridized carbons (Fsp3) is 0.500. The topological polar surface area (TPSA) is 26.3 Å². The van der Waals surface area contributed by atoms with Gasteiger partial charge in [0.2, 0.25) is 0 Å². The number of hydrogen-bond acceptors (Lipinski definition) is 3. The largest absolute Gasteiger partial charge is 0.468 e. The van der Waals surface area contributed by atoms with Gasteiger partial charge in [-0.1, -0.05) is 19.9 Å². The van der Waals surface area contributed by atoms with E-state index in [9.17, 15) is 4.79 Å². The normalized spacial score (nSPS) is 12.6. The molecule has 3 heteroatoms. The monoisotopic (exact) mass is 252 g/mol. The number of esters is 1. The van der Waals surface area contributed by atoms with Crippen molar-refractivity contribution in [2.45, 2.75) is 37.8 Å². The van der Waals surface area contributed by atoms with Crippen molar-refractivity contribution in [2.24, 2.45) is 5.92 Å². The van der Waals surface area contributed by atoms with Gasteiger partial charge in [-0.3, -0.25) is 4.79 Å². The van der Waals surface area contributed by atoms with Crippen molar-refractivity contribution in [3.63, 3.8) is 0 Å². The zero-order valence-corrected chi connectivity index (χ0v) is 11.9. The Morgan fingerprint density at radius 3 is 2.35 bits per heavy atom. The molecule has 1 aromatic rings. The molecule has 0 aliphatic carbocycles. The second kappa shape index (κ2) is 6.10. The van der Waals surface area contributed by atoms with Gasteiger partial charge in [0.1, 0.15) is 5.25 Å². The van der Waals surface area contributed by atoms with Crippen molar-refractivity contribution in [1.29, 1.82) is 0 Å². The number of benzene rings is 1. The van der Waals surface area contributed by atoms with E-state index < -0.39 is 0 Å². The Hall–Kier alpha value is -0.960. The summed E-state index contributed by atoms with van der Waals surface area (Å²) in [5.41, 5.74) is 2.52. The number of carbonyl (C=O) groups is 1. The van der Waals surface area contributed by atoms with Gasteiger partial charge in [0.15, 0.2) is 0 Å². The number of thioether (sulfide) groups is 1. The molecule has 0 saturated carbocycles. The molecule has 0 aliphatic heterocycles. The zero-order chi connectivity index (χ0) is 13.0. The van der Waals surface area contributed by atoms with Crippen LogP contribution in [0.4, 0.5) is 0 Å². The van der Waals surface area contributed by atoms with Gasteiger partial charge in [0.25, 0.3) is 0 Å². The van der Waals surface area contributed by atoms with Crippen LogP contribution < -0.4 is 0 Å². The van der Waals surface area contributed by atoms with E-state index >= 15 is 0 Å². The standard InChI is InChI=1S/C14H20O2S/c1-9(2)13(14(15)16-5)17-12-7-6-10(3)11(4)8-12/h6-9,13H,1-5H3. The summed E-state index contributed by atoms with van der Waals surface area (Å²) in [7, 11) is 1.44. The van der Waals surface area contributed by atoms with E-state index in [2.05, 4.69) is 32.0 Å². The highest BCUT2D eigenvalue weighted by Gasteiger charge is 2.24. The van der Waals surface area contributed by atoms with Gasteiger partial charge in [-0.05, 0) is 43.0 Å². The lowest BCUT2D eigenvalue weighted by Gasteiger charge is -2.18. The van der Waals surface area contributed by atoms with E-state index in [4.69, 9.17) is 4.74 Å². The molecular formula is C14H20O2S. The summed E-state index contributed by atoms with van der Waals surface area (Å²) in [6.07, 6.45) is 0. The molecule has 2 nitrogen and oxygen atoms in total. The summed E-state index contributed by atoms with van der Waals surface area (Å²) >= 11 is 1.58. The molecule has 94 valence electrons. The number of aryl methyl sites for hydroxylation is 2. The lowest BCUT2D eigenvalue weighted by Crippen LogP contribution is -2.24. The van der Waals surface area contributed by atoms with E-state index in [0.29, 0.717) is 0 Å². The van der Waals surface area contributed by atoms with Crippen molar-refractivity contribution in [2.75, 3.05) is 7.11 Å². The highest BCUT2D eigenvalue weighted by molar-refractivity contribution is 8.00. The second-order valence-corrected chi connectivity index (χ2v) is 5.77. The Kier molecular flexibility index (Phi) is 5.06. The Bertz CT molecular complexity index is 399. The number of methoxy groups -OCH3 is 1. The van der Waals surface area contributed by atoms with Crippen LogP contribution in [0.25, 0.3) is 0 Å². The molecule has 0 N–H and O–H groups in total. The summed E-state index contributed by atoms with van der Waals surface area (Å²) in [5, 5.41) is -0.137. The molecule has 0 radical (unpaired) electrons. The van der Waals surface area contributed by atoms with E-state index in [0.717, 1.165) is 4.90 Å². The molecule has 0 aromatic heterocycles. The zero-order valence-electron chi connectivity index (χ0n) is 11.1. The van der Waals surface area contributed by atoms with Crippen LogP contribution >= 0.6 is 11.8 Å². The third-order valence-corrected chi connectivity index (χ3v) is 4.30. The number of carbonyl (C=O) groups excluding carboxylic acids is 1.